The SMILES string of the molecule is Cc1cc(C)c(S(=O)(=O)N2CCN(C(=O)c3ccc([N+](=O)[O-])cc3)CC2)c(C)c1. The number of benzene rings is 2. The van der Waals surface area contributed by atoms with Crippen LogP contribution < -0.4 is 0 Å². The summed E-state index contributed by atoms with van der Waals surface area (Å²) in [6.07, 6.45) is 0. The third-order valence-corrected chi connectivity index (χ3v) is 7.26. The van der Waals surface area contributed by atoms with E-state index in [0.29, 0.717) is 21.6 Å². The van der Waals surface area contributed by atoms with Gasteiger partial charge >= 0.3 is 0 Å². The molecule has 8 nitrogen and oxygen atoms in total. The number of carbonyl (C=O) groups is 1. The minimum Gasteiger partial charge on any atom is -0.336 e. The smallest absolute Gasteiger partial charge is 0.269 e. The fraction of sp³-hybridized carbons (Fsp3) is 0.350. The summed E-state index contributed by atoms with van der Waals surface area (Å²) in [5, 5.41) is 10.7. The third-order valence-electron chi connectivity index (χ3n) is 5.05. The molecule has 0 spiro atoms. The molecule has 0 saturated carbocycles. The number of sulfonamides is 1. The molecule has 0 N–H and O–H groups in total. The van der Waals surface area contributed by atoms with Gasteiger partial charge in [-0.1, -0.05) is 17.7 Å². The molecule has 0 bridgehead atoms. The number of carbonyl (C=O) groups excluding carboxylic acids is 1. The summed E-state index contributed by atoms with van der Waals surface area (Å²) in [7, 11) is -3.65. The zero-order valence-electron chi connectivity index (χ0n) is 16.6. The normalized spacial score (nSPS) is 15.3. The van der Waals surface area contributed by atoms with E-state index < -0.39 is 14.9 Å². The van der Waals surface area contributed by atoms with Crippen LogP contribution in [0.15, 0.2) is 41.3 Å². The van der Waals surface area contributed by atoms with Crippen LogP contribution in [0.25, 0.3) is 0 Å². The van der Waals surface area contributed by atoms with Crippen molar-refractivity contribution in [1.29, 1.82) is 0 Å². The zero-order valence-corrected chi connectivity index (χ0v) is 17.4. The van der Waals surface area contributed by atoms with Gasteiger partial charge < -0.3 is 4.90 Å². The Hall–Kier alpha value is -2.78. The number of hydrogen-bond acceptors (Lipinski definition) is 5. The van der Waals surface area contributed by atoms with E-state index in [1.807, 2.05) is 19.1 Å². The number of rotatable bonds is 4. The summed E-state index contributed by atoms with van der Waals surface area (Å²) in [5.41, 5.74) is 2.70. The van der Waals surface area contributed by atoms with E-state index in [1.54, 1.807) is 18.7 Å². The Morgan fingerprint density at radius 3 is 1.97 bits per heavy atom. The zero-order chi connectivity index (χ0) is 21.3. The fourth-order valence-corrected chi connectivity index (χ4v) is 5.58. The number of hydrogen-bond donors (Lipinski definition) is 0. The van der Waals surface area contributed by atoms with Crippen LogP contribution in [-0.2, 0) is 10.0 Å². The maximum absolute atomic E-state index is 13.1. The maximum Gasteiger partial charge on any atom is 0.269 e. The van der Waals surface area contributed by atoms with Crippen molar-refractivity contribution < 1.29 is 18.1 Å². The predicted molar refractivity (Wildman–Crippen MR) is 108 cm³/mol. The average molecular weight is 417 g/mol. The number of aryl methyl sites for hydroxylation is 3. The molecule has 1 amide bonds. The molecule has 3 rings (SSSR count). The summed E-state index contributed by atoms with van der Waals surface area (Å²) >= 11 is 0. The van der Waals surface area contributed by atoms with Crippen molar-refractivity contribution in [2.75, 3.05) is 26.2 Å². The monoisotopic (exact) mass is 417 g/mol. The molecule has 1 fully saturated rings. The third kappa shape index (κ3) is 4.15. The molecule has 9 heteroatoms. The van der Waals surface area contributed by atoms with Crippen LogP contribution in [0, 0.1) is 30.9 Å². The molecule has 1 aliphatic heterocycles. The second kappa shape index (κ2) is 7.92. The highest BCUT2D eigenvalue weighted by molar-refractivity contribution is 7.89. The van der Waals surface area contributed by atoms with Gasteiger partial charge in [0, 0.05) is 43.9 Å². The Morgan fingerprint density at radius 1 is 0.966 bits per heavy atom. The van der Waals surface area contributed by atoms with Gasteiger partial charge in [-0.15, -0.1) is 0 Å². The predicted octanol–water partition coefficient (Wildman–Crippen LogP) is 2.67. The molecular weight excluding hydrogens is 394 g/mol. The second-order valence-electron chi connectivity index (χ2n) is 7.23. The van der Waals surface area contributed by atoms with E-state index in [0.717, 1.165) is 5.56 Å². The standard InChI is InChI=1S/C20H23N3O5S/c1-14-12-15(2)19(16(3)13-14)29(27,28)22-10-8-21(9-11-22)20(24)17-4-6-18(7-5-17)23(25)26/h4-7,12-13H,8-11H2,1-3H3. The summed E-state index contributed by atoms with van der Waals surface area (Å²) in [6.45, 7) is 6.45. The van der Waals surface area contributed by atoms with Crippen LogP contribution in [0.2, 0.25) is 0 Å². The van der Waals surface area contributed by atoms with Crippen molar-refractivity contribution >= 4 is 21.6 Å². The molecule has 0 atom stereocenters. The van der Waals surface area contributed by atoms with Crippen LogP contribution in [0.1, 0.15) is 27.0 Å². The second-order valence-corrected chi connectivity index (χ2v) is 9.10. The van der Waals surface area contributed by atoms with E-state index in [4.69, 9.17) is 0 Å². The highest BCUT2D eigenvalue weighted by Crippen LogP contribution is 2.26. The van der Waals surface area contributed by atoms with E-state index in [1.165, 1.54) is 28.6 Å². The van der Waals surface area contributed by atoms with Crippen LogP contribution >= 0.6 is 0 Å². The number of nitro groups is 1. The topological polar surface area (TPSA) is 101 Å². The first kappa shape index (κ1) is 20.9. The van der Waals surface area contributed by atoms with Gasteiger partial charge in [0.25, 0.3) is 11.6 Å². The van der Waals surface area contributed by atoms with Gasteiger partial charge in [0.1, 0.15) is 0 Å². The molecule has 1 aliphatic rings. The molecule has 0 unspecified atom stereocenters. The molecular formula is C20H23N3O5S. The highest BCUT2D eigenvalue weighted by atomic mass is 32.2. The number of nitro benzene ring substituents is 1. The van der Waals surface area contributed by atoms with Crippen LogP contribution in [0.4, 0.5) is 5.69 Å². The van der Waals surface area contributed by atoms with Gasteiger partial charge in [-0.25, -0.2) is 8.42 Å². The average Bonchev–Trinajstić information content (AvgIpc) is 2.66. The lowest BCUT2D eigenvalue weighted by Gasteiger charge is -2.34. The lowest BCUT2D eigenvalue weighted by molar-refractivity contribution is -0.384. The Morgan fingerprint density at radius 2 is 1.48 bits per heavy atom. The molecule has 2 aromatic carbocycles. The van der Waals surface area contributed by atoms with E-state index in [2.05, 4.69) is 0 Å². The number of non-ortho nitro benzene ring substituents is 1. The minimum absolute atomic E-state index is 0.0821. The quantitative estimate of drug-likeness (QED) is 0.562. The Labute approximate surface area is 169 Å². The van der Waals surface area contributed by atoms with Crippen molar-refractivity contribution in [2.45, 2.75) is 25.7 Å². The van der Waals surface area contributed by atoms with E-state index in [9.17, 15) is 23.3 Å². The van der Waals surface area contributed by atoms with Crippen molar-refractivity contribution in [3.05, 3.63) is 68.8 Å². The summed E-state index contributed by atoms with van der Waals surface area (Å²) in [4.78, 5) is 24.8. The maximum atomic E-state index is 13.1. The molecule has 154 valence electrons. The molecule has 2 aromatic rings. The van der Waals surface area contributed by atoms with E-state index in [-0.39, 0.29) is 37.8 Å². The first-order chi connectivity index (χ1) is 13.6. The largest absolute Gasteiger partial charge is 0.336 e. The number of amides is 1. The summed E-state index contributed by atoms with van der Waals surface area (Å²) in [5.74, 6) is -0.264. The molecule has 0 aromatic heterocycles. The Bertz CT molecular complexity index is 1030. The first-order valence-electron chi connectivity index (χ1n) is 9.23. The first-order valence-corrected chi connectivity index (χ1v) is 10.7. The summed E-state index contributed by atoms with van der Waals surface area (Å²) < 4.78 is 27.7. The van der Waals surface area contributed by atoms with Gasteiger partial charge in [-0.3, -0.25) is 14.9 Å². The van der Waals surface area contributed by atoms with Gasteiger partial charge in [-0.05, 0) is 44.0 Å². The number of piperazine rings is 1. The van der Waals surface area contributed by atoms with Gasteiger partial charge in [0.15, 0.2) is 0 Å². The Kier molecular flexibility index (Phi) is 5.72. The van der Waals surface area contributed by atoms with Crippen LogP contribution in [0.3, 0.4) is 0 Å². The van der Waals surface area contributed by atoms with Crippen molar-refractivity contribution in [3.8, 4) is 0 Å². The molecule has 0 radical (unpaired) electrons. The van der Waals surface area contributed by atoms with Gasteiger partial charge in [0.2, 0.25) is 10.0 Å². The summed E-state index contributed by atoms with van der Waals surface area (Å²) in [6, 6.07) is 9.13. The van der Waals surface area contributed by atoms with Gasteiger partial charge in [0.05, 0.1) is 9.82 Å². The van der Waals surface area contributed by atoms with Crippen LogP contribution in [-0.4, -0.2) is 54.6 Å². The minimum atomic E-state index is -3.65. The molecule has 1 saturated heterocycles. The highest BCUT2D eigenvalue weighted by Gasteiger charge is 2.32. The van der Waals surface area contributed by atoms with E-state index >= 15 is 0 Å². The Balaban J connectivity index is 1.73. The molecule has 29 heavy (non-hydrogen) atoms. The number of nitrogens with zero attached hydrogens (tertiary/aromatic N) is 3. The lowest BCUT2D eigenvalue weighted by Crippen LogP contribution is -2.50. The van der Waals surface area contributed by atoms with Crippen LogP contribution in [0.5, 0.6) is 0 Å². The molecule has 0 aliphatic carbocycles. The molecule has 1 heterocycles. The lowest BCUT2D eigenvalue weighted by atomic mass is 10.1. The van der Waals surface area contributed by atoms with Gasteiger partial charge in [-0.2, -0.15) is 4.31 Å². The van der Waals surface area contributed by atoms with Crippen molar-refractivity contribution in [2.24, 2.45) is 0 Å². The van der Waals surface area contributed by atoms with Crippen molar-refractivity contribution in [3.63, 3.8) is 0 Å². The fourth-order valence-electron chi connectivity index (χ4n) is 3.74. The van der Waals surface area contributed by atoms with Crippen molar-refractivity contribution in [1.82, 2.24) is 9.21 Å².